The van der Waals surface area contributed by atoms with Crippen molar-refractivity contribution in [3.05, 3.63) is 35.4 Å². The standard InChI is InChI=1S/C20H18ClNO8/c1-9(23)28-19(29-10(2)24)20-7-6-14(30-20)15-16(20)18(26)22(17(15)25)12-8-11(21)4-5-13(12)27-3/h4-8,14-16,19H,1-3H3/t14-,15-,16+,20-/m1/s1. The summed E-state index contributed by atoms with van der Waals surface area (Å²) < 4.78 is 21.5. The highest BCUT2D eigenvalue weighted by atomic mass is 35.5. The molecule has 0 aromatic heterocycles. The lowest BCUT2D eigenvalue weighted by molar-refractivity contribution is -0.226. The number of imide groups is 1. The Morgan fingerprint density at radius 2 is 1.83 bits per heavy atom. The van der Waals surface area contributed by atoms with Crippen LogP contribution >= 0.6 is 11.6 Å². The van der Waals surface area contributed by atoms with E-state index in [0.29, 0.717) is 5.02 Å². The van der Waals surface area contributed by atoms with E-state index in [2.05, 4.69) is 0 Å². The van der Waals surface area contributed by atoms with E-state index >= 15 is 0 Å². The van der Waals surface area contributed by atoms with E-state index in [9.17, 15) is 19.2 Å². The van der Waals surface area contributed by atoms with Crippen molar-refractivity contribution in [2.45, 2.75) is 31.8 Å². The second-order valence-electron chi connectivity index (χ2n) is 7.18. The lowest BCUT2D eigenvalue weighted by Crippen LogP contribution is -2.52. The van der Waals surface area contributed by atoms with Gasteiger partial charge in [0.25, 0.3) is 6.29 Å². The molecule has 4 atom stereocenters. The van der Waals surface area contributed by atoms with Gasteiger partial charge in [0.15, 0.2) is 5.60 Å². The highest BCUT2D eigenvalue weighted by Gasteiger charge is 2.72. The average Bonchev–Trinajstić information content (AvgIpc) is 3.31. The van der Waals surface area contributed by atoms with Crippen LogP contribution in [0.3, 0.4) is 0 Å². The number of ether oxygens (including phenoxy) is 4. The minimum atomic E-state index is -1.61. The van der Waals surface area contributed by atoms with Crippen LogP contribution in [0.25, 0.3) is 0 Å². The number of rotatable bonds is 5. The fourth-order valence-electron chi connectivity index (χ4n) is 4.29. The highest BCUT2D eigenvalue weighted by molar-refractivity contribution is 6.31. The third-order valence-electron chi connectivity index (χ3n) is 5.37. The van der Waals surface area contributed by atoms with Crippen molar-refractivity contribution in [3.8, 4) is 5.75 Å². The smallest absolute Gasteiger partial charge is 0.305 e. The number of esters is 2. The van der Waals surface area contributed by atoms with Gasteiger partial charge in [-0.25, -0.2) is 4.90 Å². The molecular weight excluding hydrogens is 418 g/mol. The van der Waals surface area contributed by atoms with Gasteiger partial charge < -0.3 is 18.9 Å². The third kappa shape index (κ3) is 2.88. The maximum atomic E-state index is 13.5. The molecule has 0 unspecified atom stereocenters. The van der Waals surface area contributed by atoms with Gasteiger partial charge in [0.1, 0.15) is 5.75 Å². The van der Waals surface area contributed by atoms with Gasteiger partial charge in [0, 0.05) is 18.9 Å². The molecule has 3 aliphatic rings. The molecule has 2 amide bonds. The molecule has 3 heterocycles. The number of amides is 2. The first kappa shape index (κ1) is 20.4. The van der Waals surface area contributed by atoms with Crippen molar-refractivity contribution in [2.75, 3.05) is 12.0 Å². The van der Waals surface area contributed by atoms with Crippen LogP contribution in [0.4, 0.5) is 5.69 Å². The number of nitrogens with zero attached hydrogens (tertiary/aromatic N) is 1. The molecule has 30 heavy (non-hydrogen) atoms. The molecule has 2 bridgehead atoms. The molecule has 9 nitrogen and oxygen atoms in total. The van der Waals surface area contributed by atoms with Crippen LogP contribution in [0.1, 0.15) is 13.8 Å². The molecular formula is C20H18ClNO8. The molecule has 2 fully saturated rings. The van der Waals surface area contributed by atoms with Crippen LogP contribution in [-0.2, 0) is 33.4 Å². The number of fused-ring (bicyclic) bond motifs is 5. The number of carbonyl (C=O) groups excluding carboxylic acids is 4. The summed E-state index contributed by atoms with van der Waals surface area (Å²) in [6.07, 6.45) is 0.849. The van der Waals surface area contributed by atoms with Crippen molar-refractivity contribution in [1.29, 1.82) is 0 Å². The molecule has 1 aromatic carbocycles. The van der Waals surface area contributed by atoms with Gasteiger partial charge in [0.05, 0.1) is 30.7 Å². The Morgan fingerprint density at radius 3 is 2.43 bits per heavy atom. The fraction of sp³-hybridized carbons (Fsp3) is 0.400. The highest BCUT2D eigenvalue weighted by Crippen LogP contribution is 2.55. The molecule has 10 heteroatoms. The summed E-state index contributed by atoms with van der Waals surface area (Å²) in [5.74, 6) is -4.22. The predicted molar refractivity (Wildman–Crippen MR) is 102 cm³/mol. The Bertz CT molecular complexity index is 975. The van der Waals surface area contributed by atoms with Crippen LogP contribution < -0.4 is 9.64 Å². The maximum Gasteiger partial charge on any atom is 0.305 e. The summed E-state index contributed by atoms with van der Waals surface area (Å²) in [6, 6.07) is 4.57. The third-order valence-corrected chi connectivity index (χ3v) is 5.61. The Balaban J connectivity index is 1.78. The number of halogens is 1. The van der Waals surface area contributed by atoms with E-state index in [4.69, 9.17) is 30.5 Å². The van der Waals surface area contributed by atoms with Gasteiger partial charge in [-0.05, 0) is 24.3 Å². The zero-order valence-electron chi connectivity index (χ0n) is 16.3. The van der Waals surface area contributed by atoms with Gasteiger partial charge >= 0.3 is 11.9 Å². The molecule has 158 valence electrons. The monoisotopic (exact) mass is 435 g/mol. The lowest BCUT2D eigenvalue weighted by Gasteiger charge is -2.34. The number of benzene rings is 1. The molecule has 4 rings (SSSR count). The first-order valence-corrected chi connectivity index (χ1v) is 9.50. The van der Waals surface area contributed by atoms with Crippen molar-refractivity contribution in [1.82, 2.24) is 0 Å². The van der Waals surface area contributed by atoms with E-state index < -0.39 is 53.6 Å². The number of hydrogen-bond donors (Lipinski definition) is 0. The molecule has 0 saturated carbocycles. The molecule has 1 aromatic rings. The summed E-state index contributed by atoms with van der Waals surface area (Å²) >= 11 is 6.07. The number of anilines is 1. The summed E-state index contributed by atoms with van der Waals surface area (Å²) in [5, 5.41) is 0.313. The minimum absolute atomic E-state index is 0.195. The summed E-state index contributed by atoms with van der Waals surface area (Å²) in [5.41, 5.74) is -1.42. The van der Waals surface area contributed by atoms with Crippen LogP contribution in [-0.4, -0.2) is 48.9 Å². The Labute approximate surface area is 176 Å². The summed E-state index contributed by atoms with van der Waals surface area (Å²) in [4.78, 5) is 51.0. The van der Waals surface area contributed by atoms with Crippen LogP contribution in [0, 0.1) is 11.8 Å². The average molecular weight is 436 g/mol. The van der Waals surface area contributed by atoms with Crippen LogP contribution in [0.15, 0.2) is 30.4 Å². The zero-order valence-corrected chi connectivity index (χ0v) is 17.0. The molecule has 0 aliphatic carbocycles. The topological polar surface area (TPSA) is 108 Å². The Kier molecular flexibility index (Phi) is 4.82. The predicted octanol–water partition coefficient (Wildman–Crippen LogP) is 1.61. The van der Waals surface area contributed by atoms with Crippen molar-refractivity contribution in [3.63, 3.8) is 0 Å². The van der Waals surface area contributed by atoms with Gasteiger partial charge in [-0.3, -0.25) is 19.2 Å². The van der Waals surface area contributed by atoms with E-state index in [-0.39, 0.29) is 11.4 Å². The van der Waals surface area contributed by atoms with Crippen LogP contribution in [0.2, 0.25) is 5.02 Å². The minimum Gasteiger partial charge on any atom is -0.495 e. The first-order valence-electron chi connectivity index (χ1n) is 9.12. The summed E-state index contributed by atoms with van der Waals surface area (Å²) in [7, 11) is 1.41. The van der Waals surface area contributed by atoms with E-state index in [1.165, 1.54) is 19.3 Å². The van der Waals surface area contributed by atoms with Crippen molar-refractivity contribution in [2.24, 2.45) is 11.8 Å². The van der Waals surface area contributed by atoms with Crippen molar-refractivity contribution >= 4 is 41.0 Å². The fourth-order valence-corrected chi connectivity index (χ4v) is 4.46. The SMILES string of the molecule is COc1ccc(Cl)cc1N1C(=O)[C@H]2[C@@H](C1=O)[C@@]1(C(OC(C)=O)OC(C)=O)C=C[C@H]2O1. The van der Waals surface area contributed by atoms with E-state index in [1.54, 1.807) is 18.2 Å². The molecule has 2 saturated heterocycles. The lowest BCUT2D eigenvalue weighted by atomic mass is 9.76. The quantitative estimate of drug-likeness (QED) is 0.297. The second-order valence-corrected chi connectivity index (χ2v) is 7.61. The normalized spacial score (nSPS) is 28.8. The zero-order chi connectivity index (χ0) is 21.8. The van der Waals surface area contributed by atoms with Crippen LogP contribution in [0.5, 0.6) is 5.75 Å². The van der Waals surface area contributed by atoms with Crippen molar-refractivity contribution < 1.29 is 38.1 Å². The Hall–Kier alpha value is -2.91. The Morgan fingerprint density at radius 1 is 1.17 bits per heavy atom. The van der Waals surface area contributed by atoms with Gasteiger partial charge in [-0.2, -0.15) is 0 Å². The summed E-state index contributed by atoms with van der Waals surface area (Å²) in [6.45, 7) is 2.28. The van der Waals surface area contributed by atoms with Gasteiger partial charge in [-0.1, -0.05) is 17.7 Å². The molecule has 0 N–H and O–H groups in total. The molecule has 3 aliphatic heterocycles. The van der Waals surface area contributed by atoms with Gasteiger partial charge in [-0.15, -0.1) is 0 Å². The van der Waals surface area contributed by atoms with Gasteiger partial charge in [0.2, 0.25) is 11.8 Å². The van der Waals surface area contributed by atoms with E-state index in [0.717, 1.165) is 18.7 Å². The number of carbonyl (C=O) groups is 4. The molecule has 0 spiro atoms. The second kappa shape index (κ2) is 7.10. The number of hydrogen-bond acceptors (Lipinski definition) is 8. The molecule has 0 radical (unpaired) electrons. The van der Waals surface area contributed by atoms with E-state index in [1.807, 2.05) is 0 Å². The number of methoxy groups -OCH3 is 1. The largest absolute Gasteiger partial charge is 0.495 e. The maximum absolute atomic E-state index is 13.5. The first-order chi connectivity index (χ1) is 14.2.